The smallest absolute Gasteiger partial charge is 0.0958 e. The Bertz CT molecular complexity index is 244. The summed E-state index contributed by atoms with van der Waals surface area (Å²) in [4.78, 5) is 0. The van der Waals surface area contributed by atoms with E-state index >= 15 is 0 Å². The van der Waals surface area contributed by atoms with Gasteiger partial charge in [-0.1, -0.05) is 104 Å². The third-order valence-corrected chi connectivity index (χ3v) is 4.99. The maximum atomic E-state index is 11.8. The van der Waals surface area contributed by atoms with Gasteiger partial charge in [-0.05, 0) is 19.3 Å². The van der Waals surface area contributed by atoms with Gasteiger partial charge in [-0.15, -0.1) is 0 Å². The standard InChI is InChI=1S/C21H46N2O/c1-3-5-6-7-8-9-10-11-12-13-14-15-16-17-18-19-21-23(22,24)20-4-2/h3-22H2,1-2H3. The number of rotatable bonds is 19. The number of unbranched alkanes of at least 4 members (excludes halogenated alkanes) is 15. The van der Waals surface area contributed by atoms with Gasteiger partial charge in [0, 0.05) is 0 Å². The van der Waals surface area contributed by atoms with Crippen LogP contribution in [0.1, 0.15) is 123 Å². The second-order valence-corrected chi connectivity index (χ2v) is 7.70. The summed E-state index contributed by atoms with van der Waals surface area (Å²) in [7, 11) is 0. The monoisotopic (exact) mass is 342 g/mol. The molecule has 0 aromatic carbocycles. The predicted octanol–water partition coefficient (Wildman–Crippen LogP) is 6.85. The molecule has 0 aromatic rings. The van der Waals surface area contributed by atoms with Crippen LogP contribution in [0.5, 0.6) is 0 Å². The van der Waals surface area contributed by atoms with Crippen molar-refractivity contribution in [3.63, 3.8) is 0 Å². The fourth-order valence-corrected chi connectivity index (χ4v) is 3.42. The first-order valence-electron chi connectivity index (χ1n) is 11.0. The Balaban J connectivity index is 3.10. The Morgan fingerprint density at radius 1 is 0.500 bits per heavy atom. The summed E-state index contributed by atoms with van der Waals surface area (Å²) in [6, 6.07) is 0. The summed E-state index contributed by atoms with van der Waals surface area (Å²) in [5, 5.41) is 11.8. The van der Waals surface area contributed by atoms with Crippen molar-refractivity contribution in [2.45, 2.75) is 123 Å². The van der Waals surface area contributed by atoms with Crippen LogP contribution in [0.25, 0.3) is 0 Å². The Morgan fingerprint density at radius 2 is 0.833 bits per heavy atom. The molecule has 0 saturated carbocycles. The fourth-order valence-electron chi connectivity index (χ4n) is 3.42. The van der Waals surface area contributed by atoms with E-state index in [0.29, 0.717) is 13.1 Å². The molecule has 0 amide bonds. The van der Waals surface area contributed by atoms with Crippen molar-refractivity contribution in [3.8, 4) is 0 Å². The first-order valence-corrected chi connectivity index (χ1v) is 11.0. The molecule has 0 saturated heterocycles. The molecule has 146 valence electrons. The van der Waals surface area contributed by atoms with E-state index in [2.05, 4.69) is 6.92 Å². The van der Waals surface area contributed by atoms with E-state index in [4.69, 9.17) is 5.84 Å². The Kier molecular flexibility index (Phi) is 17.6. The first kappa shape index (κ1) is 23.9. The quantitative estimate of drug-likeness (QED) is 0.121. The van der Waals surface area contributed by atoms with Gasteiger partial charge in [0.1, 0.15) is 0 Å². The van der Waals surface area contributed by atoms with E-state index in [1.807, 2.05) is 6.92 Å². The van der Waals surface area contributed by atoms with Crippen LogP contribution in [-0.2, 0) is 0 Å². The third-order valence-electron chi connectivity index (χ3n) is 4.99. The summed E-state index contributed by atoms with van der Waals surface area (Å²) >= 11 is 0. The Morgan fingerprint density at radius 3 is 1.17 bits per heavy atom. The van der Waals surface area contributed by atoms with Crippen LogP contribution >= 0.6 is 0 Å². The second-order valence-electron chi connectivity index (χ2n) is 7.70. The summed E-state index contributed by atoms with van der Waals surface area (Å²) in [5.74, 6) is 5.67. The van der Waals surface area contributed by atoms with Crippen molar-refractivity contribution in [1.29, 1.82) is 0 Å². The minimum Gasteiger partial charge on any atom is -0.612 e. The molecule has 0 spiro atoms. The van der Waals surface area contributed by atoms with Crippen LogP contribution in [0.3, 0.4) is 0 Å². The number of nitrogens with two attached hydrogens (primary N) is 1. The van der Waals surface area contributed by atoms with Crippen molar-refractivity contribution in [3.05, 3.63) is 5.21 Å². The lowest BCUT2D eigenvalue weighted by molar-refractivity contribution is -0.892. The van der Waals surface area contributed by atoms with Crippen molar-refractivity contribution in [2.24, 2.45) is 5.84 Å². The molecule has 2 N–H and O–H groups in total. The molecule has 0 aliphatic carbocycles. The van der Waals surface area contributed by atoms with E-state index in [0.717, 1.165) is 12.8 Å². The molecular weight excluding hydrogens is 296 g/mol. The van der Waals surface area contributed by atoms with E-state index in [-0.39, 0.29) is 0 Å². The predicted molar refractivity (Wildman–Crippen MR) is 107 cm³/mol. The third kappa shape index (κ3) is 18.2. The molecule has 0 bridgehead atoms. The van der Waals surface area contributed by atoms with Crippen LogP contribution in [0, 0.1) is 5.21 Å². The minimum absolute atomic E-state index is 0.533. The zero-order valence-corrected chi connectivity index (χ0v) is 16.9. The number of hydrogen-bond acceptors (Lipinski definition) is 2. The highest BCUT2D eigenvalue weighted by Gasteiger charge is 2.08. The van der Waals surface area contributed by atoms with Gasteiger partial charge >= 0.3 is 0 Å². The normalized spacial score (nSPS) is 14.0. The molecule has 1 unspecified atom stereocenters. The number of nitrogens with zero attached hydrogens (tertiary/aromatic N) is 1. The average molecular weight is 343 g/mol. The van der Waals surface area contributed by atoms with Crippen LogP contribution < -0.4 is 5.84 Å². The molecule has 0 heterocycles. The lowest BCUT2D eigenvalue weighted by atomic mass is 10.0. The lowest BCUT2D eigenvalue weighted by Crippen LogP contribution is -2.50. The molecule has 0 aliphatic heterocycles. The maximum absolute atomic E-state index is 11.8. The topological polar surface area (TPSA) is 49.1 Å². The highest BCUT2D eigenvalue weighted by molar-refractivity contribution is 4.50. The van der Waals surface area contributed by atoms with Gasteiger partial charge in [0.15, 0.2) is 0 Å². The van der Waals surface area contributed by atoms with Gasteiger partial charge < -0.3 is 5.21 Å². The van der Waals surface area contributed by atoms with Gasteiger partial charge in [-0.3, -0.25) is 4.76 Å². The highest BCUT2D eigenvalue weighted by atomic mass is 16.6. The first-order chi connectivity index (χ1) is 11.6. The molecule has 3 heteroatoms. The Hall–Kier alpha value is -0.120. The fraction of sp³-hybridized carbons (Fsp3) is 1.00. The molecule has 0 aromatic heterocycles. The van der Waals surface area contributed by atoms with Crippen LogP contribution in [0.4, 0.5) is 0 Å². The van der Waals surface area contributed by atoms with Crippen molar-refractivity contribution in [1.82, 2.24) is 0 Å². The molecule has 24 heavy (non-hydrogen) atoms. The zero-order valence-electron chi connectivity index (χ0n) is 16.9. The zero-order chi connectivity index (χ0) is 17.9. The van der Waals surface area contributed by atoms with E-state index in [1.165, 1.54) is 96.3 Å². The molecular formula is C21H46N2O. The maximum Gasteiger partial charge on any atom is 0.0958 e. The number of hydrogen-bond donors (Lipinski definition) is 1. The van der Waals surface area contributed by atoms with Gasteiger partial charge in [0.25, 0.3) is 0 Å². The van der Waals surface area contributed by atoms with Crippen molar-refractivity contribution >= 4 is 0 Å². The molecule has 0 aliphatic rings. The highest BCUT2D eigenvalue weighted by Crippen LogP contribution is 2.14. The minimum atomic E-state index is -0.533. The van der Waals surface area contributed by atoms with Crippen molar-refractivity contribution < 1.29 is 4.76 Å². The SMILES string of the molecule is CCCCCCCCCCCCCCCCCC[N+](N)([O-])CCC. The van der Waals surface area contributed by atoms with Gasteiger partial charge in [0.2, 0.25) is 0 Å². The molecule has 0 rings (SSSR count). The summed E-state index contributed by atoms with van der Waals surface area (Å²) in [5.41, 5.74) is 0. The lowest BCUT2D eigenvalue weighted by Gasteiger charge is -2.36. The molecule has 1 atom stereocenters. The summed E-state index contributed by atoms with van der Waals surface area (Å²) in [6.45, 7) is 5.44. The molecule has 3 nitrogen and oxygen atoms in total. The number of hydroxylamine groups is 2. The van der Waals surface area contributed by atoms with Crippen molar-refractivity contribution in [2.75, 3.05) is 13.1 Å². The van der Waals surface area contributed by atoms with Gasteiger partial charge in [0.05, 0.1) is 13.1 Å². The number of quaternary nitrogens is 1. The van der Waals surface area contributed by atoms with Crippen LogP contribution in [-0.4, -0.2) is 17.8 Å². The molecule has 0 radical (unpaired) electrons. The van der Waals surface area contributed by atoms with Gasteiger partial charge in [-0.25, -0.2) is 0 Å². The van der Waals surface area contributed by atoms with Crippen LogP contribution in [0.2, 0.25) is 0 Å². The van der Waals surface area contributed by atoms with Gasteiger partial charge in [-0.2, -0.15) is 5.84 Å². The van der Waals surface area contributed by atoms with E-state index in [1.54, 1.807) is 0 Å². The Labute approximate surface area is 152 Å². The summed E-state index contributed by atoms with van der Waals surface area (Å²) < 4.78 is -0.533. The largest absolute Gasteiger partial charge is 0.612 e. The average Bonchev–Trinajstić information content (AvgIpc) is 2.54. The summed E-state index contributed by atoms with van der Waals surface area (Å²) in [6.07, 6.45) is 22.7. The van der Waals surface area contributed by atoms with Crippen LogP contribution in [0.15, 0.2) is 0 Å². The van der Waals surface area contributed by atoms with E-state index < -0.39 is 4.76 Å². The van der Waals surface area contributed by atoms with E-state index in [9.17, 15) is 5.21 Å². The molecule has 0 fully saturated rings. The second kappa shape index (κ2) is 17.7.